The molecule has 102 valence electrons. The van der Waals surface area contributed by atoms with E-state index in [0.717, 1.165) is 44.4 Å². The Labute approximate surface area is 108 Å². The van der Waals surface area contributed by atoms with E-state index in [1.807, 2.05) is 0 Å². The van der Waals surface area contributed by atoms with Gasteiger partial charge in [-0.1, -0.05) is 13.3 Å². The highest BCUT2D eigenvalue weighted by Gasteiger charge is 2.38. The molecule has 2 N–H and O–H groups in total. The number of nitrogens with one attached hydrogen (secondary N) is 1. The predicted octanol–water partition coefficient (Wildman–Crippen LogP) is 2.18. The molecule has 0 radical (unpaired) electrons. The van der Waals surface area contributed by atoms with Crippen molar-refractivity contribution in [3.05, 3.63) is 0 Å². The number of aliphatic carboxylic acids is 1. The molecule has 1 amide bonds. The highest BCUT2D eigenvalue weighted by molar-refractivity contribution is 5.85. The third kappa shape index (κ3) is 3.24. The minimum absolute atomic E-state index is 0.0356. The van der Waals surface area contributed by atoms with Crippen LogP contribution < -0.4 is 5.32 Å². The van der Waals surface area contributed by atoms with E-state index in [1.54, 1.807) is 0 Å². The Morgan fingerprint density at radius 3 is 2.22 bits per heavy atom. The van der Waals surface area contributed by atoms with E-state index in [4.69, 9.17) is 5.11 Å². The highest BCUT2D eigenvalue weighted by atomic mass is 16.4. The summed E-state index contributed by atoms with van der Waals surface area (Å²) in [6.45, 7) is 2.19. The molecular weight excluding hydrogens is 230 g/mol. The topological polar surface area (TPSA) is 66.4 Å². The fourth-order valence-corrected chi connectivity index (χ4v) is 2.91. The lowest BCUT2D eigenvalue weighted by molar-refractivity contribution is -0.143. The quantitative estimate of drug-likeness (QED) is 0.789. The third-order valence-corrected chi connectivity index (χ3v) is 4.45. The van der Waals surface area contributed by atoms with Crippen molar-refractivity contribution < 1.29 is 14.7 Å². The van der Waals surface area contributed by atoms with Crippen molar-refractivity contribution in [2.24, 2.45) is 17.8 Å². The Morgan fingerprint density at radius 1 is 1.17 bits per heavy atom. The largest absolute Gasteiger partial charge is 0.480 e. The van der Waals surface area contributed by atoms with Crippen LogP contribution in [0.15, 0.2) is 0 Å². The Morgan fingerprint density at radius 2 is 1.78 bits per heavy atom. The molecule has 0 aliphatic heterocycles. The smallest absolute Gasteiger partial charge is 0.326 e. The Bertz CT molecular complexity index is 317. The first-order valence-corrected chi connectivity index (χ1v) is 7.15. The van der Waals surface area contributed by atoms with Gasteiger partial charge < -0.3 is 10.4 Å². The van der Waals surface area contributed by atoms with Crippen molar-refractivity contribution in [1.82, 2.24) is 5.32 Å². The maximum Gasteiger partial charge on any atom is 0.326 e. The van der Waals surface area contributed by atoms with E-state index < -0.39 is 12.0 Å². The summed E-state index contributed by atoms with van der Waals surface area (Å²) in [6.07, 6.45) is 7.10. The van der Waals surface area contributed by atoms with E-state index in [9.17, 15) is 9.59 Å². The van der Waals surface area contributed by atoms with Gasteiger partial charge in [0.2, 0.25) is 5.91 Å². The molecule has 2 fully saturated rings. The normalized spacial score (nSPS) is 29.6. The van der Waals surface area contributed by atoms with Crippen LogP contribution in [-0.4, -0.2) is 23.0 Å². The lowest BCUT2D eigenvalue weighted by atomic mass is 9.80. The van der Waals surface area contributed by atoms with Gasteiger partial charge in [-0.3, -0.25) is 4.79 Å². The second-order valence-electron chi connectivity index (χ2n) is 5.79. The molecule has 0 spiro atoms. The molecule has 0 aromatic carbocycles. The first-order valence-electron chi connectivity index (χ1n) is 7.15. The molecule has 0 heterocycles. The van der Waals surface area contributed by atoms with E-state index in [2.05, 4.69) is 12.2 Å². The molecule has 18 heavy (non-hydrogen) atoms. The van der Waals surface area contributed by atoms with Gasteiger partial charge in [0, 0.05) is 5.92 Å². The second kappa shape index (κ2) is 5.72. The monoisotopic (exact) mass is 253 g/mol. The van der Waals surface area contributed by atoms with Crippen molar-refractivity contribution in [2.45, 2.75) is 57.9 Å². The summed E-state index contributed by atoms with van der Waals surface area (Å²) in [5.41, 5.74) is 0. The van der Waals surface area contributed by atoms with Gasteiger partial charge in [-0.25, -0.2) is 4.79 Å². The van der Waals surface area contributed by atoms with Crippen LogP contribution in [0, 0.1) is 17.8 Å². The van der Waals surface area contributed by atoms with Crippen molar-refractivity contribution in [1.29, 1.82) is 0 Å². The summed E-state index contributed by atoms with van der Waals surface area (Å²) in [5, 5.41) is 11.8. The van der Waals surface area contributed by atoms with Gasteiger partial charge >= 0.3 is 5.97 Å². The SMILES string of the molecule is CCC1CCC(C(=O)NC(C(=O)O)C2CC2)CC1. The van der Waals surface area contributed by atoms with Crippen molar-refractivity contribution in [2.75, 3.05) is 0 Å². The fraction of sp³-hybridized carbons (Fsp3) is 0.857. The van der Waals surface area contributed by atoms with Gasteiger partial charge in [-0.05, 0) is 50.4 Å². The molecule has 0 saturated heterocycles. The number of hydrogen-bond acceptors (Lipinski definition) is 2. The number of carbonyl (C=O) groups excluding carboxylic acids is 1. The molecule has 0 aromatic rings. The number of carboxylic acids is 1. The molecule has 1 atom stereocenters. The number of amides is 1. The molecule has 4 nitrogen and oxygen atoms in total. The minimum Gasteiger partial charge on any atom is -0.480 e. The molecule has 0 aromatic heterocycles. The molecule has 2 saturated carbocycles. The minimum atomic E-state index is -0.881. The average molecular weight is 253 g/mol. The van der Waals surface area contributed by atoms with Gasteiger partial charge in [-0.15, -0.1) is 0 Å². The number of rotatable bonds is 5. The fourth-order valence-electron chi connectivity index (χ4n) is 2.91. The summed E-state index contributed by atoms with van der Waals surface area (Å²) >= 11 is 0. The van der Waals surface area contributed by atoms with Gasteiger partial charge in [0.25, 0.3) is 0 Å². The van der Waals surface area contributed by atoms with Crippen LogP contribution >= 0.6 is 0 Å². The van der Waals surface area contributed by atoms with Crippen LogP contribution in [0.3, 0.4) is 0 Å². The zero-order valence-electron chi connectivity index (χ0n) is 11.0. The number of carbonyl (C=O) groups is 2. The molecule has 4 heteroatoms. The van der Waals surface area contributed by atoms with Crippen LogP contribution in [0.2, 0.25) is 0 Å². The zero-order valence-corrected chi connectivity index (χ0v) is 11.0. The van der Waals surface area contributed by atoms with E-state index in [-0.39, 0.29) is 17.7 Å². The molecular formula is C14H23NO3. The lowest BCUT2D eigenvalue weighted by Gasteiger charge is -2.28. The maximum atomic E-state index is 12.1. The van der Waals surface area contributed by atoms with Crippen molar-refractivity contribution >= 4 is 11.9 Å². The molecule has 2 aliphatic rings. The van der Waals surface area contributed by atoms with Crippen molar-refractivity contribution in [3.8, 4) is 0 Å². The Kier molecular flexibility index (Phi) is 4.25. The van der Waals surface area contributed by atoms with Crippen molar-refractivity contribution in [3.63, 3.8) is 0 Å². The molecule has 0 bridgehead atoms. The molecule has 2 aliphatic carbocycles. The maximum absolute atomic E-state index is 12.1. The van der Waals surface area contributed by atoms with Gasteiger partial charge in [0.15, 0.2) is 0 Å². The first-order chi connectivity index (χ1) is 8.61. The van der Waals surface area contributed by atoms with Crippen LogP contribution in [0.5, 0.6) is 0 Å². The van der Waals surface area contributed by atoms with E-state index >= 15 is 0 Å². The van der Waals surface area contributed by atoms with E-state index in [0.29, 0.717) is 0 Å². The summed E-state index contributed by atoms with van der Waals surface area (Å²) in [5.74, 6) is 0.0385. The lowest BCUT2D eigenvalue weighted by Crippen LogP contribution is -2.45. The van der Waals surface area contributed by atoms with E-state index in [1.165, 1.54) is 6.42 Å². The summed E-state index contributed by atoms with van der Waals surface area (Å²) < 4.78 is 0. The first kappa shape index (κ1) is 13.4. The van der Waals surface area contributed by atoms with Gasteiger partial charge in [0.1, 0.15) is 6.04 Å². The Balaban J connectivity index is 1.82. The number of hydrogen-bond donors (Lipinski definition) is 2. The van der Waals surface area contributed by atoms with Crippen LogP contribution in [0.1, 0.15) is 51.9 Å². The third-order valence-electron chi connectivity index (χ3n) is 4.45. The predicted molar refractivity (Wildman–Crippen MR) is 68.0 cm³/mol. The summed E-state index contributed by atoms with van der Waals surface area (Å²) in [6, 6.07) is -0.651. The summed E-state index contributed by atoms with van der Waals surface area (Å²) in [7, 11) is 0. The van der Waals surface area contributed by atoms with Crippen LogP contribution in [0.25, 0.3) is 0 Å². The second-order valence-corrected chi connectivity index (χ2v) is 5.79. The highest BCUT2D eigenvalue weighted by Crippen LogP contribution is 2.34. The Hall–Kier alpha value is -1.06. The standard InChI is InChI=1S/C14H23NO3/c1-2-9-3-5-11(6-4-9)13(16)15-12(14(17)18)10-7-8-10/h9-12H,2-8H2,1H3,(H,15,16)(H,17,18). The zero-order chi connectivity index (χ0) is 13.1. The van der Waals surface area contributed by atoms with Crippen LogP contribution in [-0.2, 0) is 9.59 Å². The summed E-state index contributed by atoms with van der Waals surface area (Å²) in [4.78, 5) is 23.1. The average Bonchev–Trinajstić information content (AvgIpc) is 3.19. The van der Waals surface area contributed by atoms with Gasteiger partial charge in [0.05, 0.1) is 0 Å². The molecule has 2 rings (SSSR count). The van der Waals surface area contributed by atoms with Crippen LogP contribution in [0.4, 0.5) is 0 Å². The molecule has 1 unspecified atom stereocenters. The number of carboxylic acid groups (broad SMARTS) is 1. The van der Waals surface area contributed by atoms with Gasteiger partial charge in [-0.2, -0.15) is 0 Å².